The number of halogens is 4. The molecule has 2 aliphatic rings. The minimum absolute atomic E-state index is 0.0395. The minimum Gasteiger partial charge on any atom is -0.378 e. The van der Waals surface area contributed by atoms with Gasteiger partial charge in [0.25, 0.3) is 0 Å². The number of aromatic nitrogens is 3. The molecule has 4 rings (SSSR count). The lowest BCUT2D eigenvalue weighted by Crippen LogP contribution is -2.52. The van der Waals surface area contributed by atoms with Gasteiger partial charge in [-0.05, 0) is 80.1 Å². The Morgan fingerprint density at radius 1 is 1.28 bits per heavy atom. The van der Waals surface area contributed by atoms with Gasteiger partial charge in [0.2, 0.25) is 5.91 Å². The third kappa shape index (κ3) is 6.24. The van der Waals surface area contributed by atoms with Crippen molar-refractivity contribution < 1.29 is 23.1 Å². The van der Waals surface area contributed by atoms with E-state index in [4.69, 9.17) is 5.73 Å². The fourth-order valence-corrected chi connectivity index (χ4v) is 6.64. The Kier molecular flexibility index (Phi) is 8.35. The number of nitrogens with two attached hydrogens (primary N) is 1. The van der Waals surface area contributed by atoms with Crippen molar-refractivity contribution in [1.82, 2.24) is 19.4 Å². The van der Waals surface area contributed by atoms with E-state index in [1.54, 1.807) is 0 Å². The van der Waals surface area contributed by atoms with E-state index in [0.29, 0.717) is 52.0 Å². The number of carbonyl (C=O) groups excluding carboxylic acids is 1. The van der Waals surface area contributed by atoms with Crippen LogP contribution >= 0.6 is 22.6 Å². The van der Waals surface area contributed by atoms with E-state index in [1.165, 1.54) is 6.33 Å². The Labute approximate surface area is 222 Å². The van der Waals surface area contributed by atoms with Crippen molar-refractivity contribution in [3.8, 4) is 0 Å². The van der Waals surface area contributed by atoms with Crippen LogP contribution in [0.25, 0.3) is 11.0 Å². The standard InChI is InChI=1S/C24H34F3IN6O2/c1-2-33(11-16-3-5-17(6-4-16)24(25,26)27)21-19-8-10-34(22(19)31-15-30-21)12-18-7-9-32(13-20(29)35)14-23(18,28)36/h8,10,15-18,36H,2-7,9,11-14H2,1H3,(H2,29,35)/t16?,17?,18-,23-/m0/s1. The molecule has 0 spiro atoms. The number of carbonyl (C=O) groups is 1. The molecule has 1 aliphatic carbocycles. The Morgan fingerprint density at radius 3 is 2.61 bits per heavy atom. The fourth-order valence-electron chi connectivity index (χ4n) is 5.64. The molecule has 2 atom stereocenters. The van der Waals surface area contributed by atoms with Crippen molar-refractivity contribution >= 4 is 45.3 Å². The van der Waals surface area contributed by atoms with Gasteiger partial charge >= 0.3 is 6.18 Å². The number of nitrogens with zero attached hydrogens (tertiary/aromatic N) is 5. The minimum atomic E-state index is -4.10. The molecule has 0 bridgehead atoms. The predicted molar refractivity (Wildman–Crippen MR) is 140 cm³/mol. The van der Waals surface area contributed by atoms with Gasteiger partial charge in [0, 0.05) is 38.3 Å². The molecule has 2 fully saturated rings. The average Bonchev–Trinajstić information content (AvgIpc) is 3.21. The summed E-state index contributed by atoms with van der Waals surface area (Å²) in [6.07, 6.45) is 1.62. The normalized spacial score (nSPS) is 27.9. The molecule has 0 radical (unpaired) electrons. The van der Waals surface area contributed by atoms with Crippen LogP contribution in [0.15, 0.2) is 18.6 Å². The lowest BCUT2D eigenvalue weighted by atomic mass is 9.81. The van der Waals surface area contributed by atoms with Crippen molar-refractivity contribution in [3.05, 3.63) is 18.6 Å². The van der Waals surface area contributed by atoms with E-state index in [9.17, 15) is 23.1 Å². The second-order valence-corrected chi connectivity index (χ2v) is 12.0. The molecule has 36 heavy (non-hydrogen) atoms. The first-order valence-electron chi connectivity index (χ1n) is 12.5. The summed E-state index contributed by atoms with van der Waals surface area (Å²) in [5.74, 6) is -0.629. The molecular formula is C24H34F3IN6O2. The highest BCUT2D eigenvalue weighted by Gasteiger charge is 2.42. The third-order valence-electron chi connectivity index (χ3n) is 7.67. The van der Waals surface area contributed by atoms with Gasteiger partial charge in [-0.1, -0.05) is 0 Å². The van der Waals surface area contributed by atoms with Crippen molar-refractivity contribution in [1.29, 1.82) is 0 Å². The fraction of sp³-hybridized carbons (Fsp3) is 0.708. The van der Waals surface area contributed by atoms with Gasteiger partial charge in [-0.3, -0.25) is 9.69 Å². The first-order valence-corrected chi connectivity index (χ1v) is 13.6. The van der Waals surface area contributed by atoms with Gasteiger partial charge < -0.3 is 20.3 Å². The lowest BCUT2D eigenvalue weighted by molar-refractivity contribution is -0.183. The van der Waals surface area contributed by atoms with Gasteiger partial charge in [-0.25, -0.2) is 9.97 Å². The summed E-state index contributed by atoms with van der Waals surface area (Å²) in [6, 6.07) is 1.97. The Morgan fingerprint density at radius 2 is 2.00 bits per heavy atom. The highest BCUT2D eigenvalue weighted by molar-refractivity contribution is 14.1. The van der Waals surface area contributed by atoms with Crippen LogP contribution in [0.1, 0.15) is 39.0 Å². The van der Waals surface area contributed by atoms with Gasteiger partial charge in [0.1, 0.15) is 21.4 Å². The van der Waals surface area contributed by atoms with Gasteiger partial charge in [-0.15, -0.1) is 0 Å². The van der Waals surface area contributed by atoms with Crippen LogP contribution in [0.2, 0.25) is 0 Å². The Balaban J connectivity index is 1.46. The van der Waals surface area contributed by atoms with Crippen LogP contribution in [0.5, 0.6) is 0 Å². The van der Waals surface area contributed by atoms with E-state index in [0.717, 1.165) is 16.9 Å². The zero-order valence-corrected chi connectivity index (χ0v) is 22.6. The van der Waals surface area contributed by atoms with Crippen LogP contribution in [-0.4, -0.2) is 73.0 Å². The number of β-amino-alcohol motifs (C(OH)–C–C–N with tert-alkyl or cyclic N) is 1. The summed E-state index contributed by atoms with van der Waals surface area (Å²) in [6.45, 7) is 5.14. The van der Waals surface area contributed by atoms with Crippen LogP contribution in [0, 0.1) is 17.8 Å². The number of aliphatic hydroxyl groups is 1. The van der Waals surface area contributed by atoms with E-state index in [2.05, 4.69) is 37.5 Å². The topological polar surface area (TPSA) is 101 Å². The number of piperidine rings is 1. The van der Waals surface area contributed by atoms with E-state index < -0.39 is 21.6 Å². The number of amides is 1. The smallest absolute Gasteiger partial charge is 0.378 e. The maximum absolute atomic E-state index is 13.1. The molecule has 0 aromatic carbocycles. The first kappa shape index (κ1) is 27.4. The molecule has 2 aromatic rings. The number of likely N-dealkylation sites (tertiary alicyclic amines) is 1. The van der Waals surface area contributed by atoms with Crippen LogP contribution in [0.4, 0.5) is 19.0 Å². The summed E-state index contributed by atoms with van der Waals surface area (Å²) >= 11 is 2.06. The quantitative estimate of drug-likeness (QED) is 0.345. The molecule has 200 valence electrons. The SMILES string of the molecule is CCN(CC1CCC(C(F)(F)F)CC1)c1ncnc2c1ccn2C[C@@H]1CCN(CC(N)=O)C[C@@]1(O)I. The van der Waals surface area contributed by atoms with Crippen molar-refractivity contribution in [2.45, 2.75) is 55.4 Å². The summed E-state index contributed by atoms with van der Waals surface area (Å²) in [7, 11) is 0. The predicted octanol–water partition coefficient (Wildman–Crippen LogP) is 3.56. The number of fused-ring (bicyclic) bond motifs is 1. The Bertz CT molecular complexity index is 1050. The maximum atomic E-state index is 13.1. The Hall–Kier alpha value is -1.67. The number of hydrogen-bond donors (Lipinski definition) is 2. The second kappa shape index (κ2) is 11.0. The van der Waals surface area contributed by atoms with Crippen LogP contribution in [-0.2, 0) is 11.3 Å². The lowest BCUT2D eigenvalue weighted by Gasteiger charge is -2.41. The zero-order chi connectivity index (χ0) is 26.1. The highest BCUT2D eigenvalue weighted by atomic mass is 127. The molecule has 3 N–H and O–H groups in total. The summed E-state index contributed by atoms with van der Waals surface area (Å²) in [5, 5.41) is 12.0. The van der Waals surface area contributed by atoms with Crippen LogP contribution < -0.4 is 10.6 Å². The molecule has 1 aliphatic heterocycles. The number of anilines is 1. The van der Waals surface area contributed by atoms with Crippen molar-refractivity contribution in [2.24, 2.45) is 23.5 Å². The van der Waals surface area contributed by atoms with Gasteiger partial charge in [0.05, 0.1) is 17.8 Å². The molecule has 1 amide bonds. The summed E-state index contributed by atoms with van der Waals surface area (Å²) in [5.41, 5.74) is 6.09. The van der Waals surface area contributed by atoms with E-state index >= 15 is 0 Å². The van der Waals surface area contributed by atoms with E-state index in [1.807, 2.05) is 28.7 Å². The molecular weight excluding hydrogens is 588 g/mol. The van der Waals surface area contributed by atoms with Crippen LogP contribution in [0.3, 0.4) is 0 Å². The van der Waals surface area contributed by atoms with Crippen molar-refractivity contribution in [3.63, 3.8) is 0 Å². The molecule has 2 aromatic heterocycles. The second-order valence-electron chi connectivity index (χ2n) is 10.2. The van der Waals surface area contributed by atoms with Gasteiger partial charge in [0.15, 0.2) is 0 Å². The zero-order valence-electron chi connectivity index (χ0n) is 20.4. The number of alkyl halides is 4. The first-order chi connectivity index (χ1) is 17.0. The monoisotopic (exact) mass is 622 g/mol. The molecule has 1 saturated heterocycles. The summed E-state index contributed by atoms with van der Waals surface area (Å²) < 4.78 is 40.2. The number of primary amides is 1. The van der Waals surface area contributed by atoms with E-state index in [-0.39, 0.29) is 31.2 Å². The molecule has 1 saturated carbocycles. The maximum Gasteiger partial charge on any atom is 0.391 e. The number of hydrogen-bond acceptors (Lipinski definition) is 6. The van der Waals surface area contributed by atoms with Crippen molar-refractivity contribution in [2.75, 3.05) is 37.6 Å². The number of rotatable bonds is 8. The molecule has 8 nitrogen and oxygen atoms in total. The van der Waals surface area contributed by atoms with Gasteiger partial charge in [-0.2, -0.15) is 13.2 Å². The summed E-state index contributed by atoms with van der Waals surface area (Å²) in [4.78, 5) is 24.4. The largest absolute Gasteiger partial charge is 0.391 e. The third-order valence-corrected chi connectivity index (χ3v) is 8.89. The molecule has 12 heteroatoms. The molecule has 0 unspecified atom stereocenters. The average molecular weight is 622 g/mol. The highest BCUT2D eigenvalue weighted by Crippen LogP contribution is 2.40. The molecule has 3 heterocycles.